The van der Waals surface area contributed by atoms with Crippen LogP contribution in [0.5, 0.6) is 0 Å². The quantitative estimate of drug-likeness (QED) is 0.716. The van der Waals surface area contributed by atoms with E-state index in [2.05, 4.69) is 32.0 Å². The van der Waals surface area contributed by atoms with Gasteiger partial charge in [0.25, 0.3) is 0 Å². The van der Waals surface area contributed by atoms with E-state index in [4.69, 9.17) is 4.52 Å². The normalized spacial score (nSPS) is 53.6. The summed E-state index contributed by atoms with van der Waals surface area (Å²) >= 11 is 0. The molecule has 3 heteroatoms. The van der Waals surface area contributed by atoms with Gasteiger partial charge in [-0.1, -0.05) is 19.0 Å². The van der Waals surface area contributed by atoms with E-state index in [1.165, 1.54) is 44.9 Å². The Morgan fingerprint density at radius 1 is 0.962 bits per heavy atom. The van der Waals surface area contributed by atoms with Gasteiger partial charge in [-0.25, -0.2) is 0 Å². The average molecular weight is 358 g/mol. The molecule has 0 spiro atoms. The first-order valence-corrected chi connectivity index (χ1v) is 11.0. The molecule has 1 heterocycles. The highest BCUT2D eigenvalue weighted by molar-refractivity contribution is 5.17. The van der Waals surface area contributed by atoms with Crippen LogP contribution in [0.3, 0.4) is 0 Å². The molecule has 8 atom stereocenters. The summed E-state index contributed by atoms with van der Waals surface area (Å²) in [6, 6.07) is 2.10. The smallest absolute Gasteiger partial charge is 0.140 e. The lowest BCUT2D eigenvalue weighted by molar-refractivity contribution is -0.144. The first-order valence-electron chi connectivity index (χ1n) is 11.0. The van der Waals surface area contributed by atoms with Gasteiger partial charge in [-0.05, 0) is 99.2 Å². The van der Waals surface area contributed by atoms with E-state index in [-0.39, 0.29) is 0 Å². The Kier molecular flexibility index (Phi) is 3.72. The zero-order valence-electron chi connectivity index (χ0n) is 16.7. The number of hydrogen-bond acceptors (Lipinski definition) is 3. The number of aromatic nitrogens is 1. The molecule has 0 aromatic carbocycles. The first kappa shape index (κ1) is 17.3. The molecule has 26 heavy (non-hydrogen) atoms. The Balaban J connectivity index is 1.43. The molecular formula is C23H35NO2. The topological polar surface area (TPSA) is 46.3 Å². The van der Waals surface area contributed by atoms with Crippen LogP contribution in [0.4, 0.5) is 0 Å². The van der Waals surface area contributed by atoms with Crippen molar-refractivity contribution in [2.24, 2.45) is 34.5 Å². The molecule has 144 valence electrons. The fourth-order valence-electron chi connectivity index (χ4n) is 8.30. The van der Waals surface area contributed by atoms with E-state index in [0.29, 0.717) is 16.7 Å². The van der Waals surface area contributed by atoms with Crippen LogP contribution in [0.2, 0.25) is 0 Å². The van der Waals surface area contributed by atoms with Crippen molar-refractivity contribution in [3.05, 3.63) is 18.0 Å². The van der Waals surface area contributed by atoms with Crippen LogP contribution < -0.4 is 0 Å². The Morgan fingerprint density at radius 2 is 1.77 bits per heavy atom. The number of fused-ring (bicyclic) bond motifs is 5. The predicted molar refractivity (Wildman–Crippen MR) is 102 cm³/mol. The molecule has 0 aliphatic heterocycles. The number of rotatable bonds is 1. The summed E-state index contributed by atoms with van der Waals surface area (Å²) in [6.07, 6.45) is 13.1. The maximum absolute atomic E-state index is 10.6. The van der Waals surface area contributed by atoms with E-state index in [1.807, 2.05) is 6.20 Å². The molecule has 4 fully saturated rings. The van der Waals surface area contributed by atoms with Crippen LogP contribution in [0.1, 0.15) is 90.2 Å². The molecular weight excluding hydrogens is 322 g/mol. The monoisotopic (exact) mass is 357 g/mol. The molecule has 4 aliphatic carbocycles. The number of hydrogen-bond donors (Lipinski definition) is 1. The van der Waals surface area contributed by atoms with Crippen molar-refractivity contribution < 1.29 is 9.63 Å². The molecule has 0 saturated heterocycles. The standard InChI is InChI=1S/C23H35NO2/c1-21(25)11-12-22(2)15(14-21)4-5-16-17-6-7-19(20-9-13-24-26-20)23(17,3)10-8-18(16)22/h9,13,15-19,25H,4-8,10-12,14H2,1-3H3/t15?,16-,17-,18+,19?,21?,22-,23-/m0/s1. The lowest BCUT2D eigenvalue weighted by Gasteiger charge is -2.61. The van der Waals surface area contributed by atoms with Gasteiger partial charge in [0.1, 0.15) is 5.76 Å². The third kappa shape index (κ3) is 2.31. The summed E-state index contributed by atoms with van der Waals surface area (Å²) in [4.78, 5) is 0. The minimum absolute atomic E-state index is 0.393. The van der Waals surface area contributed by atoms with Crippen molar-refractivity contribution in [2.45, 2.75) is 90.1 Å². The zero-order chi connectivity index (χ0) is 18.2. The lowest BCUT2D eigenvalue weighted by Crippen LogP contribution is -2.55. The molecule has 0 amide bonds. The van der Waals surface area contributed by atoms with Crippen molar-refractivity contribution in [1.82, 2.24) is 5.16 Å². The second kappa shape index (κ2) is 5.59. The first-order chi connectivity index (χ1) is 12.3. The minimum atomic E-state index is -0.426. The molecule has 1 aromatic rings. The minimum Gasteiger partial charge on any atom is -0.390 e. The van der Waals surface area contributed by atoms with Gasteiger partial charge >= 0.3 is 0 Å². The van der Waals surface area contributed by atoms with Crippen LogP contribution in [0.25, 0.3) is 0 Å². The third-order valence-corrected chi connectivity index (χ3v) is 9.75. The molecule has 4 saturated carbocycles. The highest BCUT2D eigenvalue weighted by Crippen LogP contribution is 2.69. The fourth-order valence-corrected chi connectivity index (χ4v) is 8.30. The van der Waals surface area contributed by atoms with Gasteiger partial charge in [-0.3, -0.25) is 0 Å². The second-order valence-corrected chi connectivity index (χ2v) is 10.9. The molecule has 1 N–H and O–H groups in total. The van der Waals surface area contributed by atoms with Crippen molar-refractivity contribution in [1.29, 1.82) is 0 Å². The maximum atomic E-state index is 10.6. The van der Waals surface area contributed by atoms with Crippen molar-refractivity contribution >= 4 is 0 Å². The van der Waals surface area contributed by atoms with Crippen LogP contribution in [0.15, 0.2) is 16.8 Å². The molecule has 0 bridgehead atoms. The Morgan fingerprint density at radius 3 is 2.54 bits per heavy atom. The van der Waals surface area contributed by atoms with Gasteiger partial charge in [0.05, 0.1) is 11.8 Å². The molecule has 3 unspecified atom stereocenters. The van der Waals surface area contributed by atoms with E-state index in [1.54, 1.807) is 0 Å². The third-order valence-electron chi connectivity index (χ3n) is 9.75. The fraction of sp³-hybridized carbons (Fsp3) is 0.870. The SMILES string of the molecule is CC1(O)CC[C@@]2(C)C(CC[C@@H]3[C@H]2CC[C@]2(C)C(c4ccno4)CC[C@@H]32)C1. The maximum Gasteiger partial charge on any atom is 0.140 e. The molecule has 5 rings (SSSR count). The van der Waals surface area contributed by atoms with Crippen LogP contribution in [-0.2, 0) is 0 Å². The summed E-state index contributed by atoms with van der Waals surface area (Å²) in [5.41, 5.74) is 0.422. The summed E-state index contributed by atoms with van der Waals surface area (Å²) < 4.78 is 5.62. The molecule has 0 radical (unpaired) electrons. The van der Waals surface area contributed by atoms with Crippen molar-refractivity contribution in [3.63, 3.8) is 0 Å². The lowest BCUT2D eigenvalue weighted by atomic mass is 9.44. The van der Waals surface area contributed by atoms with E-state index < -0.39 is 5.60 Å². The van der Waals surface area contributed by atoms with Gasteiger partial charge in [-0.2, -0.15) is 0 Å². The van der Waals surface area contributed by atoms with Gasteiger partial charge in [0, 0.05) is 12.0 Å². The van der Waals surface area contributed by atoms with Crippen molar-refractivity contribution in [2.75, 3.05) is 0 Å². The van der Waals surface area contributed by atoms with Gasteiger partial charge in [0.2, 0.25) is 0 Å². The average Bonchev–Trinajstić information content (AvgIpc) is 3.22. The van der Waals surface area contributed by atoms with Gasteiger partial charge < -0.3 is 9.63 Å². The van der Waals surface area contributed by atoms with E-state index in [9.17, 15) is 5.11 Å². The highest BCUT2D eigenvalue weighted by atomic mass is 16.5. The highest BCUT2D eigenvalue weighted by Gasteiger charge is 2.61. The van der Waals surface area contributed by atoms with Gasteiger partial charge in [-0.15, -0.1) is 0 Å². The molecule has 1 aromatic heterocycles. The Hall–Kier alpha value is -0.830. The van der Waals surface area contributed by atoms with E-state index >= 15 is 0 Å². The summed E-state index contributed by atoms with van der Waals surface area (Å²) in [7, 11) is 0. The zero-order valence-corrected chi connectivity index (χ0v) is 16.7. The van der Waals surface area contributed by atoms with Crippen LogP contribution in [-0.4, -0.2) is 15.9 Å². The van der Waals surface area contributed by atoms with Crippen LogP contribution in [0, 0.1) is 34.5 Å². The molecule has 4 aliphatic rings. The Labute approximate surface area is 157 Å². The van der Waals surface area contributed by atoms with E-state index in [0.717, 1.165) is 42.3 Å². The predicted octanol–water partition coefficient (Wildman–Crippen LogP) is 5.55. The van der Waals surface area contributed by atoms with Crippen LogP contribution >= 0.6 is 0 Å². The summed E-state index contributed by atoms with van der Waals surface area (Å²) in [5.74, 6) is 5.00. The molecule has 3 nitrogen and oxygen atoms in total. The Bertz CT molecular complexity index is 668. The second-order valence-electron chi connectivity index (χ2n) is 10.9. The number of nitrogens with zero attached hydrogens (tertiary/aromatic N) is 1. The largest absolute Gasteiger partial charge is 0.390 e. The van der Waals surface area contributed by atoms with Crippen molar-refractivity contribution in [3.8, 4) is 0 Å². The summed E-state index contributed by atoms with van der Waals surface area (Å²) in [6.45, 7) is 7.19. The van der Waals surface area contributed by atoms with Gasteiger partial charge in [0.15, 0.2) is 0 Å². The summed E-state index contributed by atoms with van der Waals surface area (Å²) in [5, 5.41) is 14.6. The number of aliphatic hydroxyl groups is 1.